The summed E-state index contributed by atoms with van der Waals surface area (Å²) in [7, 11) is 0. The lowest BCUT2D eigenvalue weighted by Gasteiger charge is -2.08. The molecule has 1 aliphatic heterocycles. The van der Waals surface area contributed by atoms with Crippen LogP contribution in [0.2, 0.25) is 0 Å². The van der Waals surface area contributed by atoms with Gasteiger partial charge in [0.2, 0.25) is 6.08 Å². The number of nitrogens with zero attached hydrogens (tertiary/aromatic N) is 1. The summed E-state index contributed by atoms with van der Waals surface area (Å²) in [5, 5.41) is 0. The summed E-state index contributed by atoms with van der Waals surface area (Å²) >= 11 is 0. The van der Waals surface area contributed by atoms with Gasteiger partial charge in [0.15, 0.2) is 0 Å². The van der Waals surface area contributed by atoms with Crippen molar-refractivity contribution in [1.82, 2.24) is 0 Å². The molecule has 0 N–H and O–H groups in total. The summed E-state index contributed by atoms with van der Waals surface area (Å²) in [6.45, 7) is 3.39. The van der Waals surface area contributed by atoms with Crippen molar-refractivity contribution in [3.05, 3.63) is 0 Å². The van der Waals surface area contributed by atoms with Crippen LogP contribution in [-0.2, 0) is 9.53 Å². The number of hydrogen-bond donors (Lipinski definition) is 0. The van der Waals surface area contributed by atoms with Gasteiger partial charge in [-0.25, -0.2) is 9.79 Å². The first-order valence-corrected chi connectivity index (χ1v) is 3.50. The van der Waals surface area contributed by atoms with Gasteiger partial charge < -0.3 is 4.74 Å². The summed E-state index contributed by atoms with van der Waals surface area (Å²) in [5.41, 5.74) is 0. The van der Waals surface area contributed by atoms with Crippen LogP contribution in [0.3, 0.4) is 0 Å². The van der Waals surface area contributed by atoms with Gasteiger partial charge in [0.1, 0.15) is 0 Å². The first kappa shape index (κ1) is 7.45. The van der Waals surface area contributed by atoms with Crippen LogP contribution >= 0.6 is 0 Å². The Hall–Kier alpha value is -0.660. The first-order chi connectivity index (χ1) is 4.84. The topological polar surface area (TPSA) is 38.7 Å². The van der Waals surface area contributed by atoms with Crippen molar-refractivity contribution < 1.29 is 9.53 Å². The molecule has 0 amide bonds. The molecule has 3 nitrogen and oxygen atoms in total. The van der Waals surface area contributed by atoms with Crippen LogP contribution < -0.4 is 0 Å². The highest BCUT2D eigenvalue weighted by molar-refractivity contribution is 5.32. The van der Waals surface area contributed by atoms with Gasteiger partial charge in [0, 0.05) is 12.5 Å². The zero-order valence-electron chi connectivity index (χ0n) is 6.04. The van der Waals surface area contributed by atoms with Gasteiger partial charge in [0.05, 0.1) is 12.6 Å². The highest BCUT2D eigenvalue weighted by Crippen LogP contribution is 2.19. The average Bonchev–Trinajstić information content (AvgIpc) is 2.31. The lowest BCUT2D eigenvalue weighted by molar-refractivity contribution is 0.107. The molecule has 0 bridgehead atoms. The van der Waals surface area contributed by atoms with E-state index in [1.54, 1.807) is 0 Å². The normalized spacial score (nSPS) is 31.7. The summed E-state index contributed by atoms with van der Waals surface area (Å²) in [5.74, 6) is 0.432. The van der Waals surface area contributed by atoms with Gasteiger partial charge in [-0.2, -0.15) is 0 Å². The molecule has 0 aromatic carbocycles. The quantitative estimate of drug-likeness (QED) is 0.420. The Morgan fingerprint density at radius 3 is 3.10 bits per heavy atom. The highest BCUT2D eigenvalue weighted by atomic mass is 16.5. The van der Waals surface area contributed by atoms with Crippen LogP contribution in [0, 0.1) is 5.92 Å². The standard InChI is InChI=1S/C7H11NO2/c1-6-7(2-3-10-6)4-8-5-9/h6-7H,2-4H2,1H3. The van der Waals surface area contributed by atoms with Crippen molar-refractivity contribution >= 4 is 6.08 Å². The molecule has 10 heavy (non-hydrogen) atoms. The second-order valence-corrected chi connectivity index (χ2v) is 2.56. The van der Waals surface area contributed by atoms with E-state index >= 15 is 0 Å². The number of carbonyl (C=O) groups excluding carboxylic acids is 1. The average molecular weight is 141 g/mol. The fourth-order valence-electron chi connectivity index (χ4n) is 1.17. The van der Waals surface area contributed by atoms with E-state index in [9.17, 15) is 4.79 Å². The molecule has 3 heteroatoms. The second kappa shape index (κ2) is 3.49. The number of hydrogen-bond acceptors (Lipinski definition) is 3. The molecule has 1 aliphatic rings. The molecule has 2 atom stereocenters. The lowest BCUT2D eigenvalue weighted by atomic mass is 10.0. The fourth-order valence-corrected chi connectivity index (χ4v) is 1.17. The van der Waals surface area contributed by atoms with Gasteiger partial charge in [-0.1, -0.05) is 0 Å². The van der Waals surface area contributed by atoms with Crippen LogP contribution in [-0.4, -0.2) is 25.3 Å². The lowest BCUT2D eigenvalue weighted by Crippen LogP contribution is -2.13. The summed E-state index contributed by atoms with van der Waals surface area (Å²) in [6.07, 6.45) is 2.82. The Balaban J connectivity index is 2.32. The van der Waals surface area contributed by atoms with Gasteiger partial charge in [-0.3, -0.25) is 0 Å². The molecule has 0 saturated carbocycles. The number of rotatable bonds is 2. The van der Waals surface area contributed by atoms with E-state index < -0.39 is 0 Å². The third-order valence-electron chi connectivity index (χ3n) is 1.92. The Labute approximate surface area is 60.1 Å². The first-order valence-electron chi connectivity index (χ1n) is 3.50. The molecule has 0 radical (unpaired) electrons. The summed E-state index contributed by atoms with van der Waals surface area (Å²) in [6, 6.07) is 0. The SMILES string of the molecule is CC1OCCC1CN=C=O. The van der Waals surface area contributed by atoms with Gasteiger partial charge in [0.25, 0.3) is 0 Å². The van der Waals surface area contributed by atoms with E-state index in [-0.39, 0.29) is 6.10 Å². The van der Waals surface area contributed by atoms with Crippen LogP contribution in [0.4, 0.5) is 0 Å². The van der Waals surface area contributed by atoms with E-state index in [2.05, 4.69) is 4.99 Å². The molecule has 56 valence electrons. The van der Waals surface area contributed by atoms with E-state index in [1.807, 2.05) is 6.92 Å². The van der Waals surface area contributed by atoms with Crippen molar-refractivity contribution in [3.8, 4) is 0 Å². The zero-order valence-corrected chi connectivity index (χ0v) is 6.04. The minimum atomic E-state index is 0.261. The number of isocyanates is 1. The maximum atomic E-state index is 9.74. The van der Waals surface area contributed by atoms with Gasteiger partial charge >= 0.3 is 0 Å². The van der Waals surface area contributed by atoms with Crippen LogP contribution in [0.25, 0.3) is 0 Å². The van der Waals surface area contributed by atoms with Crippen molar-refractivity contribution in [2.45, 2.75) is 19.4 Å². The molecular formula is C7H11NO2. The van der Waals surface area contributed by atoms with Crippen molar-refractivity contribution in [3.63, 3.8) is 0 Å². The van der Waals surface area contributed by atoms with Crippen molar-refractivity contribution in [1.29, 1.82) is 0 Å². The molecule has 1 saturated heterocycles. The fraction of sp³-hybridized carbons (Fsp3) is 0.857. The smallest absolute Gasteiger partial charge is 0.234 e. The van der Waals surface area contributed by atoms with E-state index in [1.165, 1.54) is 6.08 Å². The number of aliphatic imine (C=N–C) groups is 1. The predicted octanol–water partition coefficient (Wildman–Crippen LogP) is 0.747. The zero-order chi connectivity index (χ0) is 7.40. The monoisotopic (exact) mass is 141 g/mol. The predicted molar refractivity (Wildman–Crippen MR) is 36.5 cm³/mol. The maximum Gasteiger partial charge on any atom is 0.234 e. The van der Waals surface area contributed by atoms with Gasteiger partial charge in [-0.15, -0.1) is 0 Å². The summed E-state index contributed by atoms with van der Waals surface area (Å²) in [4.78, 5) is 13.3. The minimum Gasteiger partial charge on any atom is -0.378 e. The highest BCUT2D eigenvalue weighted by Gasteiger charge is 2.23. The molecule has 1 fully saturated rings. The van der Waals surface area contributed by atoms with E-state index in [0.29, 0.717) is 12.5 Å². The van der Waals surface area contributed by atoms with Crippen LogP contribution in [0.1, 0.15) is 13.3 Å². The molecule has 0 aromatic heterocycles. The summed E-state index contributed by atoms with van der Waals surface area (Å²) < 4.78 is 5.27. The molecule has 1 heterocycles. The maximum absolute atomic E-state index is 9.74. The Kier molecular flexibility index (Phi) is 2.60. The largest absolute Gasteiger partial charge is 0.378 e. The molecular weight excluding hydrogens is 130 g/mol. The Morgan fingerprint density at radius 1 is 1.80 bits per heavy atom. The molecule has 0 spiro atoms. The molecule has 0 aromatic rings. The Bertz CT molecular complexity index is 152. The molecule has 0 aliphatic carbocycles. The third-order valence-corrected chi connectivity index (χ3v) is 1.92. The Morgan fingerprint density at radius 2 is 2.60 bits per heavy atom. The molecule has 2 unspecified atom stereocenters. The third kappa shape index (κ3) is 1.66. The molecule has 1 rings (SSSR count). The van der Waals surface area contributed by atoms with E-state index in [4.69, 9.17) is 4.74 Å². The van der Waals surface area contributed by atoms with Gasteiger partial charge in [-0.05, 0) is 13.3 Å². The minimum absolute atomic E-state index is 0.261. The van der Waals surface area contributed by atoms with Crippen molar-refractivity contribution in [2.75, 3.05) is 13.2 Å². The number of ether oxygens (including phenoxy) is 1. The second-order valence-electron chi connectivity index (χ2n) is 2.56. The van der Waals surface area contributed by atoms with Crippen LogP contribution in [0.15, 0.2) is 4.99 Å². The van der Waals surface area contributed by atoms with Crippen LogP contribution in [0.5, 0.6) is 0 Å². The van der Waals surface area contributed by atoms with E-state index in [0.717, 1.165) is 13.0 Å². The van der Waals surface area contributed by atoms with Crippen molar-refractivity contribution in [2.24, 2.45) is 10.9 Å².